The lowest BCUT2D eigenvalue weighted by Gasteiger charge is -2.12. The largest absolute Gasteiger partial charge is 0.412 e. The summed E-state index contributed by atoms with van der Waals surface area (Å²) in [5, 5.41) is 9.27. The summed E-state index contributed by atoms with van der Waals surface area (Å²) in [5.74, 6) is 0. The Labute approximate surface area is 87.6 Å². The van der Waals surface area contributed by atoms with E-state index in [0.717, 1.165) is 6.08 Å². The van der Waals surface area contributed by atoms with Gasteiger partial charge in [-0.3, -0.25) is 0 Å². The third-order valence-electron chi connectivity index (χ3n) is 1.88. The number of rotatable bonds is 5. The maximum absolute atomic E-state index is 12.3. The van der Waals surface area contributed by atoms with E-state index >= 15 is 0 Å². The van der Waals surface area contributed by atoms with Gasteiger partial charge in [0.15, 0.2) is 0 Å². The molecule has 0 aromatic carbocycles. The van der Waals surface area contributed by atoms with Crippen molar-refractivity contribution in [2.45, 2.75) is 32.0 Å². The molecule has 0 aliphatic heterocycles. The minimum absolute atomic E-state index is 0.0714. The zero-order chi connectivity index (χ0) is 12.1. The van der Waals surface area contributed by atoms with Crippen molar-refractivity contribution in [3.8, 4) is 0 Å². The van der Waals surface area contributed by atoms with Gasteiger partial charge in [-0.1, -0.05) is 24.3 Å². The Hall–Kier alpha value is -1.03. The minimum atomic E-state index is -4.36. The third kappa shape index (κ3) is 5.42. The molecule has 15 heavy (non-hydrogen) atoms. The van der Waals surface area contributed by atoms with Gasteiger partial charge in [0.2, 0.25) is 0 Å². The van der Waals surface area contributed by atoms with E-state index < -0.39 is 17.9 Å². The van der Waals surface area contributed by atoms with Crippen LogP contribution in [0.2, 0.25) is 0 Å². The van der Waals surface area contributed by atoms with E-state index in [1.54, 1.807) is 6.92 Å². The zero-order valence-corrected chi connectivity index (χ0v) is 8.64. The topological polar surface area (TPSA) is 20.2 Å². The maximum Gasteiger partial charge on any atom is 0.412 e. The van der Waals surface area contributed by atoms with Crippen molar-refractivity contribution in [1.29, 1.82) is 0 Å². The van der Waals surface area contributed by atoms with E-state index in [4.69, 9.17) is 0 Å². The van der Waals surface area contributed by atoms with Gasteiger partial charge in [0.1, 0.15) is 0 Å². The molecule has 0 aromatic heterocycles. The predicted molar refractivity (Wildman–Crippen MR) is 54.4 cm³/mol. The summed E-state index contributed by atoms with van der Waals surface area (Å²) in [7, 11) is 0. The lowest BCUT2D eigenvalue weighted by molar-refractivity contribution is -0.0932. The standard InChI is InChI=1S/C11H15F3O/c1-4-5-9(11(12,13)14)6-7-10(15)8(2)3/h4,6,10,15H,1-2,5,7H2,3H3/b9-6+/t10-/m0/s1. The van der Waals surface area contributed by atoms with Crippen LogP contribution in [-0.4, -0.2) is 17.4 Å². The van der Waals surface area contributed by atoms with E-state index in [9.17, 15) is 18.3 Å². The van der Waals surface area contributed by atoms with Gasteiger partial charge in [0, 0.05) is 5.57 Å². The molecular weight excluding hydrogens is 205 g/mol. The van der Waals surface area contributed by atoms with Gasteiger partial charge in [-0.25, -0.2) is 0 Å². The molecule has 0 bridgehead atoms. The van der Waals surface area contributed by atoms with Gasteiger partial charge in [-0.05, 0) is 19.8 Å². The Morgan fingerprint density at radius 1 is 1.47 bits per heavy atom. The van der Waals surface area contributed by atoms with Crippen molar-refractivity contribution in [2.75, 3.05) is 0 Å². The molecule has 0 spiro atoms. The van der Waals surface area contributed by atoms with E-state index in [1.807, 2.05) is 0 Å². The van der Waals surface area contributed by atoms with Crippen molar-refractivity contribution in [3.05, 3.63) is 36.5 Å². The van der Waals surface area contributed by atoms with Crippen LogP contribution in [0.5, 0.6) is 0 Å². The van der Waals surface area contributed by atoms with E-state index in [-0.39, 0.29) is 12.8 Å². The molecule has 0 rings (SSSR count). The molecule has 0 saturated heterocycles. The minimum Gasteiger partial charge on any atom is -0.388 e. The quantitative estimate of drug-likeness (QED) is 0.704. The van der Waals surface area contributed by atoms with Crippen LogP contribution in [-0.2, 0) is 0 Å². The Bertz CT molecular complexity index is 263. The first kappa shape index (κ1) is 14.0. The fourth-order valence-electron chi connectivity index (χ4n) is 0.925. The van der Waals surface area contributed by atoms with Gasteiger partial charge in [-0.15, -0.1) is 6.58 Å². The predicted octanol–water partition coefficient (Wildman–Crippen LogP) is 3.38. The van der Waals surface area contributed by atoms with E-state index in [0.29, 0.717) is 5.57 Å². The van der Waals surface area contributed by atoms with Crippen molar-refractivity contribution < 1.29 is 18.3 Å². The van der Waals surface area contributed by atoms with Gasteiger partial charge in [-0.2, -0.15) is 13.2 Å². The Balaban J connectivity index is 4.56. The smallest absolute Gasteiger partial charge is 0.388 e. The molecule has 1 nitrogen and oxygen atoms in total. The van der Waals surface area contributed by atoms with E-state index in [2.05, 4.69) is 13.2 Å². The van der Waals surface area contributed by atoms with Crippen molar-refractivity contribution >= 4 is 0 Å². The number of hydrogen-bond acceptors (Lipinski definition) is 1. The molecule has 1 N–H and O–H groups in total. The van der Waals surface area contributed by atoms with Gasteiger partial charge in [0.05, 0.1) is 6.10 Å². The van der Waals surface area contributed by atoms with Crippen molar-refractivity contribution in [1.82, 2.24) is 0 Å². The lowest BCUT2D eigenvalue weighted by Crippen LogP contribution is -2.13. The number of alkyl halides is 3. The summed E-state index contributed by atoms with van der Waals surface area (Å²) in [5.41, 5.74) is -0.232. The SMILES string of the molecule is C=CC/C(=C\C[C@H](O)C(=C)C)C(F)(F)F. The Morgan fingerprint density at radius 3 is 2.33 bits per heavy atom. The molecule has 0 aromatic rings. The highest BCUT2D eigenvalue weighted by molar-refractivity contribution is 5.14. The van der Waals surface area contributed by atoms with Gasteiger partial charge < -0.3 is 5.11 Å². The molecule has 86 valence electrons. The maximum atomic E-state index is 12.3. The first-order valence-corrected chi connectivity index (χ1v) is 4.49. The average molecular weight is 220 g/mol. The molecule has 0 heterocycles. The van der Waals surface area contributed by atoms with Crippen LogP contribution in [0.4, 0.5) is 13.2 Å². The molecular formula is C11H15F3O. The van der Waals surface area contributed by atoms with Crippen molar-refractivity contribution in [3.63, 3.8) is 0 Å². The third-order valence-corrected chi connectivity index (χ3v) is 1.88. The summed E-state index contributed by atoms with van der Waals surface area (Å²) >= 11 is 0. The monoisotopic (exact) mass is 220 g/mol. The number of hydrogen-bond donors (Lipinski definition) is 1. The number of aliphatic hydroxyl groups excluding tert-OH is 1. The van der Waals surface area contributed by atoms with Crippen LogP contribution in [0.1, 0.15) is 19.8 Å². The summed E-state index contributed by atoms with van der Waals surface area (Å²) in [4.78, 5) is 0. The van der Waals surface area contributed by atoms with Gasteiger partial charge >= 0.3 is 6.18 Å². The summed E-state index contributed by atoms with van der Waals surface area (Å²) in [6, 6.07) is 0. The summed E-state index contributed by atoms with van der Waals surface area (Å²) in [6.07, 6.45) is -3.42. The van der Waals surface area contributed by atoms with Crippen LogP contribution >= 0.6 is 0 Å². The normalized spacial score (nSPS) is 14.9. The highest BCUT2D eigenvalue weighted by atomic mass is 19.4. The highest BCUT2D eigenvalue weighted by Gasteiger charge is 2.32. The molecule has 0 radical (unpaired) electrons. The van der Waals surface area contributed by atoms with Crippen LogP contribution in [0.3, 0.4) is 0 Å². The molecule has 0 fully saturated rings. The first-order chi connectivity index (χ1) is 6.79. The zero-order valence-electron chi connectivity index (χ0n) is 8.64. The number of allylic oxidation sites excluding steroid dienone is 2. The Morgan fingerprint density at radius 2 is 2.00 bits per heavy atom. The fourth-order valence-corrected chi connectivity index (χ4v) is 0.925. The molecule has 1 atom stereocenters. The molecule has 0 unspecified atom stereocenters. The van der Waals surface area contributed by atoms with Crippen LogP contribution < -0.4 is 0 Å². The second kappa shape index (κ2) is 5.75. The molecule has 4 heteroatoms. The van der Waals surface area contributed by atoms with Crippen LogP contribution in [0, 0.1) is 0 Å². The fraction of sp³-hybridized carbons (Fsp3) is 0.455. The van der Waals surface area contributed by atoms with Gasteiger partial charge in [0.25, 0.3) is 0 Å². The van der Waals surface area contributed by atoms with Crippen LogP contribution in [0.25, 0.3) is 0 Å². The second-order valence-corrected chi connectivity index (χ2v) is 3.32. The van der Waals surface area contributed by atoms with Crippen molar-refractivity contribution in [2.24, 2.45) is 0 Å². The number of aliphatic hydroxyl groups is 1. The molecule has 0 saturated carbocycles. The average Bonchev–Trinajstić information content (AvgIpc) is 2.09. The first-order valence-electron chi connectivity index (χ1n) is 4.49. The number of halogens is 3. The molecule has 0 aliphatic rings. The van der Waals surface area contributed by atoms with E-state index in [1.165, 1.54) is 6.08 Å². The second-order valence-electron chi connectivity index (χ2n) is 3.32. The summed E-state index contributed by atoms with van der Waals surface area (Å²) < 4.78 is 37.0. The lowest BCUT2D eigenvalue weighted by atomic mass is 10.1. The highest BCUT2D eigenvalue weighted by Crippen LogP contribution is 2.29. The summed E-state index contributed by atoms with van der Waals surface area (Å²) in [6.45, 7) is 8.28. The Kier molecular flexibility index (Phi) is 5.36. The van der Waals surface area contributed by atoms with Crippen LogP contribution in [0.15, 0.2) is 36.5 Å². The molecule has 0 amide bonds. The molecule has 0 aliphatic carbocycles.